The summed E-state index contributed by atoms with van der Waals surface area (Å²) in [5.41, 5.74) is 0. The Morgan fingerprint density at radius 2 is 0.714 bits per heavy atom. The van der Waals surface area contributed by atoms with Crippen molar-refractivity contribution in [3.63, 3.8) is 0 Å². The monoisotopic (exact) mass is 984 g/mol. The molecule has 0 saturated carbocycles. The average molecular weight is 985 g/mol. The molecule has 0 radical (unpaired) electrons. The number of rotatable bonds is 58. The Morgan fingerprint density at radius 3 is 1.10 bits per heavy atom. The number of aliphatic hydroxyl groups is 2. The minimum Gasteiger partial charge on any atom is -0.466 e. The van der Waals surface area contributed by atoms with Crippen molar-refractivity contribution in [2.45, 2.75) is 347 Å². The summed E-state index contributed by atoms with van der Waals surface area (Å²) in [7, 11) is 0. The van der Waals surface area contributed by atoms with Crippen LogP contribution in [0.5, 0.6) is 0 Å². The van der Waals surface area contributed by atoms with Gasteiger partial charge < -0.3 is 20.3 Å². The second-order valence-electron chi connectivity index (χ2n) is 21.4. The molecule has 0 heterocycles. The van der Waals surface area contributed by atoms with Crippen molar-refractivity contribution in [2.75, 3.05) is 13.2 Å². The summed E-state index contributed by atoms with van der Waals surface area (Å²) >= 11 is 0. The minimum atomic E-state index is -0.843. The van der Waals surface area contributed by atoms with Gasteiger partial charge in [0.2, 0.25) is 5.91 Å². The van der Waals surface area contributed by atoms with Gasteiger partial charge in [0.15, 0.2) is 0 Å². The maximum atomic E-state index is 12.4. The Morgan fingerprint density at radius 1 is 0.400 bits per heavy atom. The summed E-state index contributed by atoms with van der Waals surface area (Å²) in [6, 6.07) is -0.626. The lowest BCUT2D eigenvalue weighted by molar-refractivity contribution is -0.143. The van der Waals surface area contributed by atoms with E-state index in [1.54, 1.807) is 6.08 Å². The van der Waals surface area contributed by atoms with E-state index in [1.807, 2.05) is 6.08 Å². The van der Waals surface area contributed by atoms with Gasteiger partial charge in [-0.1, -0.05) is 294 Å². The molecular weight excluding hydrogens is 863 g/mol. The number of ether oxygens (including phenoxy) is 1. The first-order valence-corrected chi connectivity index (χ1v) is 31.3. The molecule has 0 rings (SSSR count). The van der Waals surface area contributed by atoms with E-state index in [4.69, 9.17) is 4.74 Å². The molecule has 70 heavy (non-hydrogen) atoms. The van der Waals surface area contributed by atoms with Gasteiger partial charge in [-0.3, -0.25) is 9.59 Å². The fourth-order valence-corrected chi connectivity index (χ4v) is 9.61. The number of aliphatic hydroxyl groups excluding tert-OH is 2. The van der Waals surface area contributed by atoms with Crippen LogP contribution in [0.4, 0.5) is 0 Å². The van der Waals surface area contributed by atoms with Crippen molar-refractivity contribution < 1.29 is 24.5 Å². The lowest BCUT2D eigenvalue weighted by Crippen LogP contribution is -2.45. The lowest BCUT2D eigenvalue weighted by atomic mass is 10.0. The summed E-state index contributed by atoms with van der Waals surface area (Å²) in [6.45, 7) is 4.89. The Hall–Kier alpha value is -1.92. The first kappa shape index (κ1) is 68.1. The number of carbonyl (C=O) groups excluding carboxylic acids is 2. The van der Waals surface area contributed by atoms with Gasteiger partial charge in [0.1, 0.15) is 0 Å². The topological polar surface area (TPSA) is 95.9 Å². The van der Waals surface area contributed by atoms with E-state index in [9.17, 15) is 19.8 Å². The molecule has 0 aliphatic carbocycles. The van der Waals surface area contributed by atoms with Crippen LogP contribution < -0.4 is 5.32 Å². The second-order valence-corrected chi connectivity index (χ2v) is 21.4. The summed E-state index contributed by atoms with van der Waals surface area (Å²) < 4.78 is 5.48. The van der Waals surface area contributed by atoms with E-state index in [1.165, 1.54) is 257 Å². The third-order valence-corrected chi connectivity index (χ3v) is 14.4. The molecule has 0 aromatic heterocycles. The molecule has 6 nitrogen and oxygen atoms in total. The zero-order valence-corrected chi connectivity index (χ0v) is 47.0. The normalized spacial score (nSPS) is 12.8. The van der Waals surface area contributed by atoms with Gasteiger partial charge in [0, 0.05) is 12.8 Å². The lowest BCUT2D eigenvalue weighted by Gasteiger charge is -2.20. The largest absolute Gasteiger partial charge is 0.466 e. The second kappa shape index (κ2) is 59.6. The first-order chi connectivity index (χ1) is 34.5. The third-order valence-electron chi connectivity index (χ3n) is 14.4. The Labute approximate surface area is 436 Å². The summed E-state index contributed by atoms with van der Waals surface area (Å²) in [6.07, 6.45) is 74.7. The van der Waals surface area contributed by atoms with Crippen molar-refractivity contribution in [2.24, 2.45) is 0 Å². The molecule has 3 N–H and O–H groups in total. The van der Waals surface area contributed by atoms with E-state index in [2.05, 4.69) is 43.5 Å². The van der Waals surface area contributed by atoms with Gasteiger partial charge >= 0.3 is 5.97 Å². The van der Waals surface area contributed by atoms with Crippen LogP contribution in [0.15, 0.2) is 36.5 Å². The van der Waals surface area contributed by atoms with E-state index in [-0.39, 0.29) is 18.5 Å². The van der Waals surface area contributed by atoms with E-state index < -0.39 is 12.1 Å². The molecule has 0 saturated heterocycles. The van der Waals surface area contributed by atoms with Crippen LogP contribution in [0, 0.1) is 0 Å². The Balaban J connectivity index is 3.38. The summed E-state index contributed by atoms with van der Waals surface area (Å²) in [5.74, 6) is -0.0651. The molecule has 0 aromatic carbocycles. The molecule has 1 amide bonds. The molecule has 0 aromatic rings. The van der Waals surface area contributed by atoms with E-state index >= 15 is 0 Å². The predicted octanol–water partition coefficient (Wildman–Crippen LogP) is 19.6. The number of esters is 1. The number of carbonyl (C=O) groups is 2. The summed E-state index contributed by atoms with van der Waals surface area (Å²) in [5, 5.41) is 23.1. The fourth-order valence-electron chi connectivity index (χ4n) is 9.61. The van der Waals surface area contributed by atoms with Crippen molar-refractivity contribution in [3.05, 3.63) is 36.5 Å². The number of amides is 1. The number of unbranched alkanes of at least 4 members (excludes halogenated alkanes) is 43. The van der Waals surface area contributed by atoms with Crippen LogP contribution in [0.1, 0.15) is 335 Å². The van der Waals surface area contributed by atoms with Gasteiger partial charge in [0.05, 0.1) is 25.4 Å². The molecule has 0 fully saturated rings. The van der Waals surface area contributed by atoms with Crippen LogP contribution in [-0.2, 0) is 14.3 Å². The molecular formula is C64H121NO5. The Bertz CT molecular complexity index is 1130. The van der Waals surface area contributed by atoms with Crippen molar-refractivity contribution in [1.29, 1.82) is 0 Å². The fraction of sp³-hybridized carbons (Fsp3) is 0.875. The van der Waals surface area contributed by atoms with Crippen molar-refractivity contribution >= 4 is 11.9 Å². The zero-order chi connectivity index (χ0) is 50.7. The third kappa shape index (κ3) is 55.4. The zero-order valence-electron chi connectivity index (χ0n) is 47.0. The molecule has 0 bridgehead atoms. The van der Waals surface area contributed by atoms with Crippen molar-refractivity contribution in [3.8, 4) is 0 Å². The molecule has 2 atom stereocenters. The van der Waals surface area contributed by atoms with Gasteiger partial charge in [-0.15, -0.1) is 0 Å². The van der Waals surface area contributed by atoms with Crippen LogP contribution in [0.25, 0.3) is 0 Å². The molecule has 0 aliphatic rings. The number of allylic oxidation sites excluding steroid dienone is 5. The van der Waals surface area contributed by atoms with Gasteiger partial charge in [-0.25, -0.2) is 0 Å². The number of hydrogen-bond donors (Lipinski definition) is 3. The molecule has 0 aliphatic heterocycles. The van der Waals surface area contributed by atoms with Crippen LogP contribution >= 0.6 is 0 Å². The molecule has 6 heteroatoms. The predicted molar refractivity (Wildman–Crippen MR) is 306 cm³/mol. The van der Waals surface area contributed by atoms with E-state index in [0.29, 0.717) is 19.4 Å². The number of nitrogens with one attached hydrogen (secondary N) is 1. The standard InChI is InChI=1S/C64H121NO5/c1-3-5-7-9-11-13-15-17-18-30-34-38-42-46-50-54-58-64(69)70-59-55-51-47-43-39-35-31-28-26-24-22-20-19-21-23-25-27-29-33-37-41-45-49-53-57-63(68)65-61(60-66)62(67)56-52-48-44-40-36-32-16-14-12-10-8-6-4-2/h13,15,18,30,52,56,61-62,66-67H,3-12,14,16-17,19-29,31-51,53-55,57-60H2,1-2H3,(H,65,68)/b15-13-,30-18-,56-52+. The molecule has 2 unspecified atom stereocenters. The van der Waals surface area contributed by atoms with Crippen molar-refractivity contribution in [1.82, 2.24) is 5.32 Å². The molecule has 0 spiro atoms. The maximum Gasteiger partial charge on any atom is 0.305 e. The van der Waals surface area contributed by atoms with Crippen LogP contribution in [0.3, 0.4) is 0 Å². The highest BCUT2D eigenvalue weighted by atomic mass is 16.5. The molecule has 412 valence electrons. The Kier molecular flexibility index (Phi) is 58.0. The highest BCUT2D eigenvalue weighted by Gasteiger charge is 2.18. The quantitative estimate of drug-likeness (QED) is 0.0321. The average Bonchev–Trinajstić information content (AvgIpc) is 3.36. The highest BCUT2D eigenvalue weighted by molar-refractivity contribution is 5.76. The van der Waals surface area contributed by atoms with E-state index in [0.717, 1.165) is 51.4 Å². The van der Waals surface area contributed by atoms with Gasteiger partial charge in [-0.05, 0) is 64.2 Å². The number of hydrogen-bond acceptors (Lipinski definition) is 5. The minimum absolute atomic E-state index is 0.00146. The highest BCUT2D eigenvalue weighted by Crippen LogP contribution is 2.17. The maximum absolute atomic E-state index is 12.4. The van der Waals surface area contributed by atoms with Gasteiger partial charge in [0.25, 0.3) is 0 Å². The van der Waals surface area contributed by atoms with Gasteiger partial charge in [-0.2, -0.15) is 0 Å². The smallest absolute Gasteiger partial charge is 0.305 e. The SMILES string of the molecule is CCCCCC/C=C\C/C=C\CCCCCCCC(=O)OCCCCCCCCCCCCCCCCCCCCCCCCCCC(=O)NC(CO)C(O)/C=C/CCCCCCCCCCCCC. The first-order valence-electron chi connectivity index (χ1n) is 31.3. The van der Waals surface area contributed by atoms with Crippen LogP contribution in [-0.4, -0.2) is 47.4 Å². The van der Waals surface area contributed by atoms with Crippen LogP contribution in [0.2, 0.25) is 0 Å². The summed E-state index contributed by atoms with van der Waals surface area (Å²) in [4.78, 5) is 24.5.